The molecule has 0 aromatic heterocycles. The number of benzene rings is 1. The summed E-state index contributed by atoms with van der Waals surface area (Å²) in [6.07, 6.45) is -0.225. The Morgan fingerprint density at radius 2 is 1.96 bits per heavy atom. The van der Waals surface area contributed by atoms with Crippen molar-refractivity contribution in [2.75, 3.05) is 0 Å². The lowest BCUT2D eigenvalue weighted by molar-refractivity contribution is -0.384. The van der Waals surface area contributed by atoms with E-state index < -0.39 is 28.1 Å². The lowest BCUT2D eigenvalue weighted by Crippen LogP contribution is -2.47. The van der Waals surface area contributed by atoms with Gasteiger partial charge < -0.3 is 10.2 Å². The molecule has 128 valence electrons. The number of nitro groups is 1. The molecule has 1 aromatic carbocycles. The van der Waals surface area contributed by atoms with E-state index in [1.54, 1.807) is 6.07 Å². The summed E-state index contributed by atoms with van der Waals surface area (Å²) < 4.78 is 0. The van der Waals surface area contributed by atoms with Crippen LogP contribution in [0.3, 0.4) is 0 Å². The number of rotatable bonds is 4. The Balaban J connectivity index is 2.73. The van der Waals surface area contributed by atoms with Crippen molar-refractivity contribution >= 4 is 17.3 Å². The first-order valence-corrected chi connectivity index (χ1v) is 7.46. The summed E-state index contributed by atoms with van der Waals surface area (Å²) in [5.74, 6) is -3.02. The zero-order chi connectivity index (χ0) is 18.2. The molecule has 2 N–H and O–H groups in total. The number of nitrogens with zero attached hydrogens (tertiary/aromatic N) is 1. The van der Waals surface area contributed by atoms with Crippen molar-refractivity contribution in [1.29, 1.82) is 0 Å². The summed E-state index contributed by atoms with van der Waals surface area (Å²) in [7, 11) is 0. The summed E-state index contributed by atoms with van der Waals surface area (Å²) in [5.41, 5.74) is -1.41. The van der Waals surface area contributed by atoms with Gasteiger partial charge in [-0.15, -0.1) is 0 Å². The van der Waals surface area contributed by atoms with E-state index in [4.69, 9.17) is 0 Å². The number of carbonyl (C=O) groups is 2. The van der Waals surface area contributed by atoms with Gasteiger partial charge in [-0.1, -0.05) is 12.1 Å². The highest BCUT2D eigenvalue weighted by Gasteiger charge is 2.49. The minimum atomic E-state index is -1.57. The number of ketones is 2. The van der Waals surface area contributed by atoms with Crippen LogP contribution in [0.25, 0.3) is 0 Å². The second kappa shape index (κ2) is 6.16. The van der Waals surface area contributed by atoms with Crippen molar-refractivity contribution in [2.45, 2.75) is 38.7 Å². The molecular formula is C17H19NO6. The van der Waals surface area contributed by atoms with Gasteiger partial charge in [-0.3, -0.25) is 19.7 Å². The fourth-order valence-electron chi connectivity index (χ4n) is 3.54. The van der Waals surface area contributed by atoms with E-state index in [9.17, 15) is 29.9 Å². The number of hydrogen-bond donors (Lipinski definition) is 2. The van der Waals surface area contributed by atoms with Gasteiger partial charge in [-0.2, -0.15) is 0 Å². The fraction of sp³-hybridized carbons (Fsp3) is 0.412. The second-order valence-electron chi connectivity index (χ2n) is 6.37. The Morgan fingerprint density at radius 1 is 1.33 bits per heavy atom. The van der Waals surface area contributed by atoms with Crippen LogP contribution in [0.2, 0.25) is 0 Å². The van der Waals surface area contributed by atoms with Gasteiger partial charge >= 0.3 is 0 Å². The molecule has 24 heavy (non-hydrogen) atoms. The molecule has 7 nitrogen and oxygen atoms in total. The quantitative estimate of drug-likeness (QED) is 0.645. The summed E-state index contributed by atoms with van der Waals surface area (Å²) in [6.45, 7) is 3.97. The zero-order valence-electron chi connectivity index (χ0n) is 13.6. The number of hydrogen-bond acceptors (Lipinski definition) is 6. The molecular weight excluding hydrogens is 314 g/mol. The number of aliphatic hydroxyl groups is 2. The average Bonchev–Trinajstić information content (AvgIpc) is 2.44. The molecule has 0 amide bonds. The number of Topliss-reactive ketones (excluding diaryl/α,β-unsaturated/α-hetero) is 2. The molecule has 0 heterocycles. The highest BCUT2D eigenvalue weighted by molar-refractivity contribution is 5.97. The third-order valence-electron chi connectivity index (χ3n) is 4.41. The highest BCUT2D eigenvalue weighted by Crippen LogP contribution is 2.47. The van der Waals surface area contributed by atoms with Crippen LogP contribution in [-0.4, -0.2) is 32.3 Å². The summed E-state index contributed by atoms with van der Waals surface area (Å²) in [4.78, 5) is 34.7. The Morgan fingerprint density at radius 3 is 2.46 bits per heavy atom. The number of carbonyl (C=O) groups excluding carboxylic acids is 2. The smallest absolute Gasteiger partial charge is 0.269 e. The normalized spacial score (nSPS) is 27.0. The number of aliphatic hydroxyl groups excluding tert-OH is 1. The van der Waals surface area contributed by atoms with E-state index in [1.807, 2.05) is 0 Å². The van der Waals surface area contributed by atoms with Crippen molar-refractivity contribution < 1.29 is 24.7 Å². The Hall–Kier alpha value is -2.54. The van der Waals surface area contributed by atoms with Crippen LogP contribution in [-0.2, 0) is 9.59 Å². The topological polar surface area (TPSA) is 118 Å². The SMILES string of the molecule is CC(=O)C1=C(O)CC(C)(O)C(C(C)=O)C1c1cccc([N+](=O)[O-])c1. The first-order valence-electron chi connectivity index (χ1n) is 7.46. The van der Waals surface area contributed by atoms with Gasteiger partial charge in [0, 0.05) is 30.0 Å². The van der Waals surface area contributed by atoms with Crippen molar-refractivity contribution in [3.8, 4) is 0 Å². The van der Waals surface area contributed by atoms with Crippen molar-refractivity contribution in [3.05, 3.63) is 51.3 Å². The molecule has 1 aliphatic rings. The zero-order valence-corrected chi connectivity index (χ0v) is 13.6. The van der Waals surface area contributed by atoms with E-state index in [0.29, 0.717) is 5.56 Å². The fourth-order valence-corrected chi connectivity index (χ4v) is 3.54. The lowest BCUT2D eigenvalue weighted by atomic mass is 9.64. The number of nitro benzene ring substituents is 1. The maximum absolute atomic E-state index is 12.2. The largest absolute Gasteiger partial charge is 0.512 e. The third kappa shape index (κ3) is 3.07. The van der Waals surface area contributed by atoms with Gasteiger partial charge in [0.2, 0.25) is 0 Å². The van der Waals surface area contributed by atoms with Crippen LogP contribution in [0.4, 0.5) is 5.69 Å². The molecule has 0 spiro atoms. The van der Waals surface area contributed by atoms with Crippen LogP contribution in [0, 0.1) is 16.0 Å². The predicted octanol–water partition coefficient (Wildman–Crippen LogP) is 2.44. The Kier molecular flexibility index (Phi) is 4.57. The van der Waals surface area contributed by atoms with Gasteiger partial charge in [0.15, 0.2) is 5.78 Å². The maximum Gasteiger partial charge on any atom is 0.269 e. The molecule has 3 atom stereocenters. The lowest BCUT2D eigenvalue weighted by Gasteiger charge is -2.41. The van der Waals surface area contributed by atoms with Crippen LogP contribution in [0.15, 0.2) is 35.6 Å². The van der Waals surface area contributed by atoms with Gasteiger partial charge in [-0.05, 0) is 26.3 Å². The predicted molar refractivity (Wildman–Crippen MR) is 85.6 cm³/mol. The Labute approximate surface area is 138 Å². The average molecular weight is 333 g/mol. The van der Waals surface area contributed by atoms with Crippen molar-refractivity contribution in [3.63, 3.8) is 0 Å². The summed E-state index contributed by atoms with van der Waals surface area (Å²) >= 11 is 0. The van der Waals surface area contributed by atoms with E-state index in [-0.39, 0.29) is 29.2 Å². The first kappa shape index (κ1) is 17.8. The monoisotopic (exact) mass is 333 g/mol. The second-order valence-corrected chi connectivity index (χ2v) is 6.37. The maximum atomic E-state index is 12.2. The highest BCUT2D eigenvalue weighted by atomic mass is 16.6. The van der Waals surface area contributed by atoms with Crippen LogP contribution in [0.5, 0.6) is 0 Å². The number of non-ortho nitro benzene ring substituents is 1. The Bertz CT molecular complexity index is 749. The van der Waals surface area contributed by atoms with Crippen molar-refractivity contribution in [1.82, 2.24) is 0 Å². The molecule has 3 unspecified atom stereocenters. The van der Waals surface area contributed by atoms with E-state index in [1.165, 1.54) is 39.0 Å². The standard InChI is InChI=1S/C17H19NO6/c1-9(19)14-13(21)8-17(3,22)16(10(2)20)15(14)11-5-4-6-12(7-11)18(23)24/h4-7,15-16,21-22H,8H2,1-3H3. The molecule has 0 aliphatic heterocycles. The van der Waals surface area contributed by atoms with Gasteiger partial charge in [0.05, 0.1) is 16.4 Å². The minimum absolute atomic E-state index is 0.0159. The first-order chi connectivity index (χ1) is 11.1. The molecule has 7 heteroatoms. The van der Waals surface area contributed by atoms with Crippen molar-refractivity contribution in [2.24, 2.45) is 5.92 Å². The molecule has 1 aromatic rings. The molecule has 0 bridgehead atoms. The van der Waals surface area contributed by atoms with Gasteiger partial charge in [0.25, 0.3) is 5.69 Å². The van der Waals surface area contributed by atoms with E-state index in [0.717, 1.165) is 0 Å². The van der Waals surface area contributed by atoms with Gasteiger partial charge in [0.1, 0.15) is 11.5 Å². The molecule has 0 fully saturated rings. The van der Waals surface area contributed by atoms with Crippen LogP contribution in [0.1, 0.15) is 38.7 Å². The summed E-state index contributed by atoms with van der Waals surface area (Å²) in [5, 5.41) is 31.9. The third-order valence-corrected chi connectivity index (χ3v) is 4.41. The van der Waals surface area contributed by atoms with Gasteiger partial charge in [-0.25, -0.2) is 0 Å². The molecule has 2 rings (SSSR count). The molecule has 0 saturated carbocycles. The van der Waals surface area contributed by atoms with Crippen LogP contribution < -0.4 is 0 Å². The summed E-state index contributed by atoms with van der Waals surface area (Å²) in [6, 6.07) is 5.55. The minimum Gasteiger partial charge on any atom is -0.512 e. The van der Waals surface area contributed by atoms with E-state index >= 15 is 0 Å². The number of allylic oxidation sites excluding steroid dienone is 1. The molecule has 1 aliphatic carbocycles. The van der Waals surface area contributed by atoms with Crippen LogP contribution >= 0.6 is 0 Å². The van der Waals surface area contributed by atoms with E-state index in [2.05, 4.69) is 0 Å². The molecule has 0 radical (unpaired) electrons. The molecule has 0 saturated heterocycles.